The number of fused-ring (bicyclic) bond motifs is 6. The van der Waals surface area contributed by atoms with E-state index in [0.717, 1.165) is 0 Å². The smallest absolute Gasteiger partial charge is 0.0597 e. The van der Waals surface area contributed by atoms with Crippen molar-refractivity contribution in [1.82, 2.24) is 0 Å². The molecule has 152 valence electrons. The summed E-state index contributed by atoms with van der Waals surface area (Å²) in [4.78, 5) is 2.55. The molecule has 6 aromatic rings. The van der Waals surface area contributed by atoms with Crippen molar-refractivity contribution in [3.8, 4) is 0 Å². The number of nitrogens with zero attached hydrogens (tertiary/aromatic N) is 1. The maximum absolute atomic E-state index is 2.55. The first-order valence-electron chi connectivity index (χ1n) is 10.6. The molecule has 0 aliphatic rings. The van der Waals surface area contributed by atoms with E-state index in [4.69, 9.17) is 0 Å². The van der Waals surface area contributed by atoms with Crippen LogP contribution in [-0.2, 0) is 0 Å². The molecule has 1 nitrogen and oxygen atoms in total. The Hall–Kier alpha value is -2.88. The first kappa shape index (κ1) is 18.9. The van der Waals surface area contributed by atoms with Crippen LogP contribution in [0.2, 0.25) is 0 Å². The third-order valence-corrected chi connectivity index (χ3v) is 8.26. The number of rotatable bonds is 2. The number of anilines is 2. The molecule has 0 aliphatic heterocycles. The quantitative estimate of drug-likeness (QED) is 0.261. The summed E-state index contributed by atoms with van der Waals surface area (Å²) in [6.07, 6.45) is 0. The summed E-state index contributed by atoms with van der Waals surface area (Å²) in [5, 5.41) is 5.39. The van der Waals surface area contributed by atoms with Gasteiger partial charge in [0.15, 0.2) is 0 Å². The lowest BCUT2D eigenvalue weighted by Gasteiger charge is -2.38. The maximum atomic E-state index is 2.55. The van der Waals surface area contributed by atoms with Crippen LogP contribution < -0.4 is 4.90 Å². The van der Waals surface area contributed by atoms with Crippen molar-refractivity contribution in [2.24, 2.45) is 0 Å². The van der Waals surface area contributed by atoms with Gasteiger partial charge in [-0.15, -0.1) is 22.7 Å². The van der Waals surface area contributed by atoms with Gasteiger partial charge < -0.3 is 4.90 Å². The zero-order valence-corrected chi connectivity index (χ0v) is 19.5. The fourth-order valence-electron chi connectivity index (χ4n) is 4.70. The molecule has 0 radical (unpaired) electrons. The van der Waals surface area contributed by atoms with Crippen LogP contribution in [0.1, 0.15) is 20.8 Å². The molecule has 2 aromatic heterocycles. The summed E-state index contributed by atoms with van der Waals surface area (Å²) in [7, 11) is 0. The Bertz CT molecular complexity index is 1580. The van der Waals surface area contributed by atoms with Gasteiger partial charge in [0, 0.05) is 41.2 Å². The predicted octanol–water partition coefficient (Wildman–Crippen LogP) is 9.36. The van der Waals surface area contributed by atoms with Crippen LogP contribution >= 0.6 is 22.7 Å². The molecule has 0 saturated heterocycles. The van der Waals surface area contributed by atoms with Crippen molar-refractivity contribution in [2.45, 2.75) is 26.3 Å². The number of thiophene rings is 2. The molecule has 3 heteroatoms. The molecule has 0 saturated carbocycles. The first-order valence-corrected chi connectivity index (χ1v) is 12.3. The zero-order chi connectivity index (χ0) is 21.2. The monoisotopic (exact) mass is 437 g/mol. The topological polar surface area (TPSA) is 3.24 Å². The van der Waals surface area contributed by atoms with Crippen LogP contribution in [0.4, 0.5) is 11.4 Å². The third-order valence-electron chi connectivity index (χ3n) is 5.92. The standard InChI is InChI=1S/C28H23NS2/c1-28(2,3)29(21-13-9-17-25-26(21)20-11-5-7-16-24(20)30-25)22-14-8-12-19-18-10-4-6-15-23(18)31-27(19)22/h4-17H,1-3H3. The van der Waals surface area contributed by atoms with Gasteiger partial charge in [-0.3, -0.25) is 0 Å². The average Bonchev–Trinajstić information content (AvgIpc) is 3.32. The van der Waals surface area contributed by atoms with E-state index in [1.165, 1.54) is 51.7 Å². The summed E-state index contributed by atoms with van der Waals surface area (Å²) in [6.45, 7) is 6.94. The lowest BCUT2D eigenvalue weighted by atomic mass is 10.00. The van der Waals surface area contributed by atoms with Gasteiger partial charge in [-0.1, -0.05) is 54.6 Å². The van der Waals surface area contributed by atoms with E-state index in [9.17, 15) is 0 Å². The molecule has 6 rings (SSSR count). The first-order chi connectivity index (χ1) is 15.0. The van der Waals surface area contributed by atoms with E-state index in [1.807, 2.05) is 22.7 Å². The summed E-state index contributed by atoms with van der Waals surface area (Å²) < 4.78 is 5.39. The van der Waals surface area contributed by atoms with Crippen molar-refractivity contribution in [3.05, 3.63) is 84.9 Å². The van der Waals surface area contributed by atoms with Crippen LogP contribution in [0, 0.1) is 0 Å². The minimum absolute atomic E-state index is 0.0816. The number of hydrogen-bond donors (Lipinski definition) is 0. The van der Waals surface area contributed by atoms with Crippen molar-refractivity contribution in [3.63, 3.8) is 0 Å². The summed E-state index contributed by atoms with van der Waals surface area (Å²) in [6, 6.07) is 31.0. The minimum Gasteiger partial charge on any atom is -0.334 e. The molecule has 0 amide bonds. The third kappa shape index (κ3) is 2.88. The van der Waals surface area contributed by atoms with Gasteiger partial charge in [-0.05, 0) is 51.1 Å². The molecule has 0 bridgehead atoms. The van der Waals surface area contributed by atoms with Crippen LogP contribution in [0.3, 0.4) is 0 Å². The summed E-state index contributed by atoms with van der Waals surface area (Å²) >= 11 is 3.78. The molecular weight excluding hydrogens is 414 g/mol. The Morgan fingerprint density at radius 1 is 0.548 bits per heavy atom. The minimum atomic E-state index is -0.0816. The molecule has 31 heavy (non-hydrogen) atoms. The van der Waals surface area contributed by atoms with Gasteiger partial charge >= 0.3 is 0 Å². The van der Waals surface area contributed by atoms with E-state index in [2.05, 4.69) is 111 Å². The molecule has 2 heterocycles. The summed E-state index contributed by atoms with van der Waals surface area (Å²) in [5.41, 5.74) is 2.49. The number of hydrogen-bond acceptors (Lipinski definition) is 3. The fraction of sp³-hybridized carbons (Fsp3) is 0.143. The highest BCUT2D eigenvalue weighted by atomic mass is 32.1. The van der Waals surface area contributed by atoms with Gasteiger partial charge in [0.25, 0.3) is 0 Å². The summed E-state index contributed by atoms with van der Waals surface area (Å²) in [5.74, 6) is 0. The predicted molar refractivity (Wildman–Crippen MR) is 141 cm³/mol. The Morgan fingerprint density at radius 2 is 1.13 bits per heavy atom. The van der Waals surface area contributed by atoms with Crippen molar-refractivity contribution in [1.29, 1.82) is 0 Å². The highest BCUT2D eigenvalue weighted by Crippen LogP contribution is 2.48. The van der Waals surface area contributed by atoms with Crippen molar-refractivity contribution < 1.29 is 0 Å². The lowest BCUT2D eigenvalue weighted by molar-refractivity contribution is 0.563. The van der Waals surface area contributed by atoms with Gasteiger partial charge in [0.1, 0.15) is 0 Å². The molecule has 4 aromatic carbocycles. The van der Waals surface area contributed by atoms with E-state index in [0.29, 0.717) is 0 Å². The van der Waals surface area contributed by atoms with Crippen LogP contribution in [0.25, 0.3) is 40.3 Å². The normalized spacial score (nSPS) is 12.4. The van der Waals surface area contributed by atoms with Gasteiger partial charge in [0.05, 0.1) is 16.1 Å². The van der Waals surface area contributed by atoms with E-state index in [-0.39, 0.29) is 5.54 Å². The second-order valence-corrected chi connectivity index (χ2v) is 11.1. The van der Waals surface area contributed by atoms with Crippen molar-refractivity contribution in [2.75, 3.05) is 4.90 Å². The highest BCUT2D eigenvalue weighted by Gasteiger charge is 2.28. The largest absolute Gasteiger partial charge is 0.334 e. The van der Waals surface area contributed by atoms with Crippen molar-refractivity contribution >= 4 is 74.4 Å². The van der Waals surface area contributed by atoms with E-state index < -0.39 is 0 Å². The van der Waals surface area contributed by atoms with Gasteiger partial charge in [-0.2, -0.15) is 0 Å². The Balaban J connectivity index is 1.71. The SMILES string of the molecule is CC(C)(C)N(c1cccc2c1sc1ccccc12)c1cccc2sc3ccccc3c12. The Labute approximate surface area is 190 Å². The molecular formula is C28H23NS2. The fourth-order valence-corrected chi connectivity index (χ4v) is 7.04. The van der Waals surface area contributed by atoms with E-state index in [1.54, 1.807) is 0 Å². The highest BCUT2D eigenvalue weighted by molar-refractivity contribution is 7.26. The second-order valence-electron chi connectivity index (χ2n) is 9.01. The molecule has 0 atom stereocenters. The van der Waals surface area contributed by atoms with Crippen LogP contribution in [0.5, 0.6) is 0 Å². The van der Waals surface area contributed by atoms with E-state index >= 15 is 0 Å². The molecule has 0 spiro atoms. The average molecular weight is 438 g/mol. The maximum Gasteiger partial charge on any atom is 0.0597 e. The molecule has 0 aliphatic carbocycles. The molecule has 0 N–H and O–H groups in total. The zero-order valence-electron chi connectivity index (χ0n) is 17.8. The Kier molecular flexibility index (Phi) is 4.14. The second kappa shape index (κ2) is 6.81. The molecule has 0 unspecified atom stereocenters. The van der Waals surface area contributed by atoms with Gasteiger partial charge in [-0.25, -0.2) is 0 Å². The number of benzene rings is 4. The van der Waals surface area contributed by atoms with Gasteiger partial charge in [0.2, 0.25) is 0 Å². The van der Waals surface area contributed by atoms with Crippen LogP contribution in [0.15, 0.2) is 84.9 Å². The lowest BCUT2D eigenvalue weighted by Crippen LogP contribution is -2.37. The van der Waals surface area contributed by atoms with Crippen LogP contribution in [-0.4, -0.2) is 5.54 Å². The Morgan fingerprint density at radius 3 is 1.90 bits per heavy atom. The molecule has 0 fully saturated rings.